The summed E-state index contributed by atoms with van der Waals surface area (Å²) in [5.41, 5.74) is 2.35. The van der Waals surface area contributed by atoms with Crippen LogP contribution in [0.3, 0.4) is 0 Å². The molecule has 0 aromatic rings. The Morgan fingerprint density at radius 2 is 2.50 bits per heavy atom. The van der Waals surface area contributed by atoms with Gasteiger partial charge in [-0.2, -0.15) is 4.89 Å². The van der Waals surface area contributed by atoms with Crippen LogP contribution in [0.4, 0.5) is 0 Å². The zero-order chi connectivity index (χ0) is 4.83. The van der Waals surface area contributed by atoms with Crippen LogP contribution >= 0.6 is 0 Å². The van der Waals surface area contributed by atoms with Crippen molar-refractivity contribution in [1.82, 2.24) is 0 Å². The van der Waals surface area contributed by atoms with Crippen molar-refractivity contribution in [3.05, 3.63) is 18.6 Å². The Morgan fingerprint density at radius 1 is 1.83 bits per heavy atom. The Kier molecular flexibility index (Phi) is 3.77. The molecule has 0 heterocycles. The highest BCUT2D eigenvalue weighted by molar-refractivity contribution is 4.61. The summed E-state index contributed by atoms with van der Waals surface area (Å²) in [6.45, 7) is 3.21. The normalized spacial score (nSPS) is 6.17. The van der Waals surface area contributed by atoms with E-state index in [2.05, 4.69) is 22.1 Å². The van der Waals surface area contributed by atoms with Gasteiger partial charge in [-0.3, -0.25) is 0 Å². The quantitative estimate of drug-likeness (QED) is 0.215. The predicted molar refractivity (Wildman–Crippen MR) is 21.8 cm³/mol. The van der Waals surface area contributed by atoms with Crippen molar-refractivity contribution < 1.29 is 9.78 Å². The zero-order valence-corrected chi connectivity index (χ0v) is 3.60. The molecule has 0 atom stereocenters. The van der Waals surface area contributed by atoms with Crippen molar-refractivity contribution in [2.45, 2.75) is 0 Å². The van der Waals surface area contributed by atoms with Gasteiger partial charge in [0.25, 0.3) is 0 Å². The number of rotatable bonds is 2. The first kappa shape index (κ1) is 5.28. The van der Waals surface area contributed by atoms with Crippen molar-refractivity contribution in [2.24, 2.45) is 0 Å². The second-order valence-corrected chi connectivity index (χ2v) is 0.585. The minimum Gasteiger partial charge on any atom is -0.337 e. The van der Waals surface area contributed by atoms with E-state index >= 15 is 0 Å². The standard InChI is InChI=1S/C4H6O2/c1-3-4-6-5-2/h4H,1H2,2H3. The molecule has 0 aromatic heterocycles. The molecule has 2 nitrogen and oxygen atoms in total. The van der Waals surface area contributed by atoms with Crippen molar-refractivity contribution in [3.63, 3.8) is 0 Å². The molecule has 0 fully saturated rings. The molecule has 0 aliphatic rings. The molecule has 0 rings (SSSR count). The van der Waals surface area contributed by atoms with Crippen LogP contribution < -0.4 is 0 Å². The fraction of sp³-hybridized carbons (Fsp3) is 0.250. The summed E-state index contributed by atoms with van der Waals surface area (Å²) in [4.78, 5) is 8.31. The average Bonchev–Trinajstić information content (AvgIpc) is 1.61. The van der Waals surface area contributed by atoms with Crippen molar-refractivity contribution in [3.8, 4) is 0 Å². The van der Waals surface area contributed by atoms with Gasteiger partial charge in [0.1, 0.15) is 0 Å². The minimum absolute atomic E-state index is 1.22. The predicted octanol–water partition coefficient (Wildman–Crippen LogP) is 0.863. The fourth-order valence-corrected chi connectivity index (χ4v) is 0.0821. The molecule has 0 bridgehead atoms. The SMILES string of the molecule is C=C=COOC. The lowest BCUT2D eigenvalue weighted by molar-refractivity contribution is -0.222. The Hall–Kier alpha value is -0.720. The van der Waals surface area contributed by atoms with E-state index in [0.29, 0.717) is 0 Å². The minimum atomic E-state index is 1.22. The molecule has 0 saturated heterocycles. The van der Waals surface area contributed by atoms with Crippen LogP contribution in [0.2, 0.25) is 0 Å². The molecule has 0 saturated carbocycles. The van der Waals surface area contributed by atoms with Gasteiger partial charge in [-0.25, -0.2) is 0 Å². The van der Waals surface area contributed by atoms with Gasteiger partial charge in [-0.1, -0.05) is 12.3 Å². The third-order valence-electron chi connectivity index (χ3n) is 0.228. The highest BCUT2D eigenvalue weighted by Crippen LogP contribution is 1.67. The molecule has 0 spiro atoms. The van der Waals surface area contributed by atoms with Gasteiger partial charge in [0.05, 0.1) is 7.11 Å². The third kappa shape index (κ3) is 3.28. The summed E-state index contributed by atoms with van der Waals surface area (Å²) in [6.07, 6.45) is 1.22. The molecule has 34 valence electrons. The van der Waals surface area contributed by atoms with Crippen LogP contribution in [0.1, 0.15) is 0 Å². The summed E-state index contributed by atoms with van der Waals surface area (Å²) < 4.78 is 0. The van der Waals surface area contributed by atoms with E-state index in [1.54, 1.807) is 0 Å². The Labute approximate surface area is 36.6 Å². The molecular formula is C4H6O2. The Morgan fingerprint density at radius 3 is 2.67 bits per heavy atom. The molecule has 0 aliphatic heterocycles. The van der Waals surface area contributed by atoms with Crippen LogP contribution in [0, 0.1) is 0 Å². The monoisotopic (exact) mass is 86.0 g/mol. The smallest absolute Gasteiger partial charge is 0.171 e. The van der Waals surface area contributed by atoms with E-state index in [4.69, 9.17) is 0 Å². The summed E-state index contributed by atoms with van der Waals surface area (Å²) in [6, 6.07) is 0. The van der Waals surface area contributed by atoms with Gasteiger partial charge < -0.3 is 4.89 Å². The van der Waals surface area contributed by atoms with Crippen LogP contribution in [-0.2, 0) is 9.78 Å². The van der Waals surface area contributed by atoms with Crippen LogP contribution in [0.25, 0.3) is 0 Å². The van der Waals surface area contributed by atoms with E-state index in [1.165, 1.54) is 13.4 Å². The third-order valence-corrected chi connectivity index (χ3v) is 0.228. The lowest BCUT2D eigenvalue weighted by atomic mass is 11.0. The molecule has 6 heavy (non-hydrogen) atoms. The van der Waals surface area contributed by atoms with E-state index in [9.17, 15) is 0 Å². The van der Waals surface area contributed by atoms with Gasteiger partial charge in [0, 0.05) is 0 Å². The summed E-state index contributed by atoms with van der Waals surface area (Å²) in [7, 11) is 1.41. The largest absolute Gasteiger partial charge is 0.337 e. The molecular weight excluding hydrogens is 80.0 g/mol. The lowest BCUT2D eigenvalue weighted by Gasteiger charge is -1.83. The van der Waals surface area contributed by atoms with Gasteiger partial charge in [-0.05, 0) is 0 Å². The molecule has 0 aromatic carbocycles. The first-order valence-corrected chi connectivity index (χ1v) is 1.45. The molecule has 0 radical (unpaired) electrons. The second-order valence-electron chi connectivity index (χ2n) is 0.585. The maximum Gasteiger partial charge on any atom is 0.171 e. The van der Waals surface area contributed by atoms with Crippen LogP contribution in [0.15, 0.2) is 18.6 Å². The van der Waals surface area contributed by atoms with E-state index in [-0.39, 0.29) is 0 Å². The molecule has 0 aliphatic carbocycles. The number of hydrogen-bond donors (Lipinski definition) is 0. The maximum atomic E-state index is 4.18. The Bertz CT molecular complexity index is 61.9. The van der Waals surface area contributed by atoms with Gasteiger partial charge in [-0.15, -0.1) is 0 Å². The maximum absolute atomic E-state index is 4.18. The van der Waals surface area contributed by atoms with Gasteiger partial charge in [0.15, 0.2) is 6.26 Å². The van der Waals surface area contributed by atoms with Gasteiger partial charge >= 0.3 is 0 Å². The summed E-state index contributed by atoms with van der Waals surface area (Å²) in [5, 5.41) is 0. The van der Waals surface area contributed by atoms with Crippen LogP contribution in [0.5, 0.6) is 0 Å². The van der Waals surface area contributed by atoms with E-state index < -0.39 is 0 Å². The topological polar surface area (TPSA) is 18.5 Å². The van der Waals surface area contributed by atoms with E-state index in [0.717, 1.165) is 0 Å². The fourth-order valence-electron chi connectivity index (χ4n) is 0.0821. The summed E-state index contributed by atoms with van der Waals surface area (Å²) >= 11 is 0. The highest BCUT2D eigenvalue weighted by atomic mass is 17.2. The highest BCUT2D eigenvalue weighted by Gasteiger charge is 1.57. The van der Waals surface area contributed by atoms with Crippen LogP contribution in [-0.4, -0.2) is 7.11 Å². The first-order chi connectivity index (χ1) is 2.91. The average molecular weight is 86.1 g/mol. The molecule has 0 unspecified atom stereocenters. The van der Waals surface area contributed by atoms with Gasteiger partial charge in [0.2, 0.25) is 0 Å². The lowest BCUT2D eigenvalue weighted by Crippen LogP contribution is -1.72. The summed E-state index contributed by atoms with van der Waals surface area (Å²) in [5.74, 6) is 0. The van der Waals surface area contributed by atoms with Crippen molar-refractivity contribution >= 4 is 0 Å². The Balaban J connectivity index is 2.86. The molecule has 0 amide bonds. The number of hydrogen-bond acceptors (Lipinski definition) is 2. The van der Waals surface area contributed by atoms with Crippen molar-refractivity contribution in [2.75, 3.05) is 7.11 Å². The second kappa shape index (κ2) is 4.28. The van der Waals surface area contributed by atoms with Crippen molar-refractivity contribution in [1.29, 1.82) is 0 Å². The zero-order valence-electron chi connectivity index (χ0n) is 3.60. The molecule has 0 N–H and O–H groups in total. The van der Waals surface area contributed by atoms with E-state index in [1.807, 2.05) is 0 Å². The first-order valence-electron chi connectivity index (χ1n) is 1.45. The molecule has 2 heteroatoms.